The number of aromatic nitrogens is 2. The molecule has 4 heterocycles. The lowest BCUT2D eigenvalue weighted by Gasteiger charge is -2.41. The molecule has 1 saturated heterocycles. The van der Waals surface area contributed by atoms with E-state index in [4.69, 9.17) is 20.4 Å². The fourth-order valence-corrected chi connectivity index (χ4v) is 4.34. The molecule has 36 heavy (non-hydrogen) atoms. The quantitative estimate of drug-likeness (QED) is 0.423. The molecule has 1 N–H and O–H groups in total. The molecule has 2 aliphatic rings. The van der Waals surface area contributed by atoms with Crippen LogP contribution in [-0.4, -0.2) is 65.9 Å². The number of hydrogen-bond acceptors (Lipinski definition) is 9. The number of methoxy groups -OCH3 is 1. The van der Waals surface area contributed by atoms with E-state index in [9.17, 15) is 9.59 Å². The summed E-state index contributed by atoms with van der Waals surface area (Å²) in [5.74, 6) is 2.57. The van der Waals surface area contributed by atoms with Gasteiger partial charge in [-0.15, -0.1) is 12.3 Å². The fourth-order valence-electron chi connectivity index (χ4n) is 4.34. The Labute approximate surface area is 209 Å². The molecule has 2 amide bonds. The number of carbonyl (C=O) groups is 2. The maximum Gasteiger partial charge on any atom is 0.249 e. The summed E-state index contributed by atoms with van der Waals surface area (Å²) in [6, 6.07) is 4.11. The highest BCUT2D eigenvalue weighted by molar-refractivity contribution is 5.89. The molecule has 11 heteroatoms. The largest absolute Gasteiger partial charge is 0.497 e. The van der Waals surface area contributed by atoms with Gasteiger partial charge in [-0.05, 0) is 13.0 Å². The van der Waals surface area contributed by atoms with Crippen LogP contribution in [0.15, 0.2) is 45.4 Å². The van der Waals surface area contributed by atoms with Gasteiger partial charge in [0.05, 0.1) is 37.1 Å². The molecule has 2 aliphatic heterocycles. The summed E-state index contributed by atoms with van der Waals surface area (Å²) < 4.78 is 15.8. The minimum atomic E-state index is -0.980. The smallest absolute Gasteiger partial charge is 0.249 e. The van der Waals surface area contributed by atoms with E-state index in [1.165, 1.54) is 13.4 Å². The zero-order valence-electron chi connectivity index (χ0n) is 20.5. The summed E-state index contributed by atoms with van der Waals surface area (Å²) in [6.45, 7) is 3.11. The summed E-state index contributed by atoms with van der Waals surface area (Å²) in [5, 5.41) is 15.3. The third kappa shape index (κ3) is 5.39. The number of pyridine rings is 1. The number of nitrogens with one attached hydrogen (secondary N) is 1. The Morgan fingerprint density at radius 2 is 2.11 bits per heavy atom. The van der Waals surface area contributed by atoms with E-state index in [1.54, 1.807) is 29.3 Å². The molecule has 0 spiro atoms. The first kappa shape index (κ1) is 25.3. The molecule has 1 fully saturated rings. The Bertz CT molecular complexity index is 1130. The van der Waals surface area contributed by atoms with Gasteiger partial charge in [-0.25, -0.2) is 0 Å². The molecule has 0 aliphatic carbocycles. The van der Waals surface area contributed by atoms with Gasteiger partial charge < -0.3 is 24.2 Å². The molecule has 0 bridgehead atoms. The third-order valence-corrected chi connectivity index (χ3v) is 6.53. The van der Waals surface area contributed by atoms with Crippen LogP contribution in [0.4, 0.5) is 0 Å². The van der Waals surface area contributed by atoms with Gasteiger partial charge in [-0.3, -0.25) is 14.6 Å². The van der Waals surface area contributed by atoms with Crippen molar-refractivity contribution in [1.82, 2.24) is 20.4 Å². The average Bonchev–Trinajstić information content (AvgIpc) is 3.41. The van der Waals surface area contributed by atoms with Crippen molar-refractivity contribution in [2.75, 3.05) is 33.4 Å². The second kappa shape index (κ2) is 10.9. The normalized spacial score (nSPS) is 17.4. The van der Waals surface area contributed by atoms with Crippen LogP contribution in [0.2, 0.25) is 0 Å². The molecule has 0 saturated carbocycles. The fraction of sp³-hybridized carbons (Fsp3) is 0.520. The average molecular weight is 495 g/mol. The summed E-state index contributed by atoms with van der Waals surface area (Å²) in [4.78, 5) is 33.3. The molecule has 11 nitrogen and oxygen atoms in total. The second-order valence-electron chi connectivity index (χ2n) is 8.98. The number of terminal acetylenes is 1. The van der Waals surface area contributed by atoms with Gasteiger partial charge in [-0.2, -0.15) is 10.2 Å². The molecule has 2 aromatic heterocycles. The molecule has 1 atom stereocenters. The molecular weight excluding hydrogens is 464 g/mol. The van der Waals surface area contributed by atoms with Crippen molar-refractivity contribution in [2.24, 2.45) is 10.2 Å². The minimum Gasteiger partial charge on any atom is -0.497 e. The van der Waals surface area contributed by atoms with Crippen LogP contribution in [0.1, 0.15) is 50.0 Å². The standard InChI is InChI=1S/C25H30N6O5/c1-4-6-9-25(29-30-25)10-12-31(21(32)15-24(16-35-17-24)20-8-13-36-28-20)22(23(33)26-5-2)19-14-18(34-3)7-11-27-19/h1,7-8,11,13-14,22H,5-6,9-10,12,15-17H2,2-3H3,(H,26,33). The predicted octanol–water partition coefficient (Wildman–Crippen LogP) is 2.41. The number of hydrogen-bond donors (Lipinski definition) is 1. The van der Waals surface area contributed by atoms with E-state index in [-0.39, 0.29) is 24.8 Å². The third-order valence-electron chi connectivity index (χ3n) is 6.53. The predicted molar refractivity (Wildman–Crippen MR) is 128 cm³/mol. The molecule has 1 unspecified atom stereocenters. The number of carbonyl (C=O) groups excluding carboxylic acids is 2. The highest BCUT2D eigenvalue weighted by Gasteiger charge is 2.47. The zero-order chi connectivity index (χ0) is 25.6. The zero-order valence-corrected chi connectivity index (χ0v) is 20.5. The van der Waals surface area contributed by atoms with Crippen LogP contribution < -0.4 is 10.1 Å². The number of nitrogens with zero attached hydrogens (tertiary/aromatic N) is 5. The summed E-state index contributed by atoms with van der Waals surface area (Å²) in [6.07, 6.45) is 10.1. The number of ether oxygens (including phenoxy) is 2. The van der Waals surface area contributed by atoms with E-state index >= 15 is 0 Å². The van der Waals surface area contributed by atoms with Crippen molar-refractivity contribution >= 4 is 11.8 Å². The first-order chi connectivity index (χ1) is 17.5. The second-order valence-corrected chi connectivity index (χ2v) is 8.98. The minimum absolute atomic E-state index is 0.0883. The van der Waals surface area contributed by atoms with Crippen molar-refractivity contribution in [3.63, 3.8) is 0 Å². The topological polar surface area (TPSA) is 132 Å². The van der Waals surface area contributed by atoms with Gasteiger partial charge in [-0.1, -0.05) is 5.16 Å². The Kier molecular flexibility index (Phi) is 7.64. The first-order valence-electron chi connectivity index (χ1n) is 11.9. The number of amides is 2. The van der Waals surface area contributed by atoms with Gasteiger partial charge in [0.25, 0.3) is 0 Å². The summed E-state index contributed by atoms with van der Waals surface area (Å²) in [5.41, 5.74) is -0.196. The molecule has 2 aromatic rings. The van der Waals surface area contributed by atoms with E-state index < -0.39 is 17.1 Å². The maximum absolute atomic E-state index is 14.0. The Balaban J connectivity index is 1.65. The van der Waals surface area contributed by atoms with Crippen molar-refractivity contribution in [3.05, 3.63) is 42.0 Å². The highest BCUT2D eigenvalue weighted by Crippen LogP contribution is 2.39. The Hall–Kier alpha value is -3.78. The van der Waals surface area contributed by atoms with Gasteiger partial charge in [0.2, 0.25) is 11.8 Å². The van der Waals surface area contributed by atoms with Crippen LogP contribution in [0, 0.1) is 12.3 Å². The lowest BCUT2D eigenvalue weighted by Crippen LogP contribution is -2.52. The lowest BCUT2D eigenvalue weighted by atomic mass is 9.78. The van der Waals surface area contributed by atoms with Crippen LogP contribution in [0.3, 0.4) is 0 Å². The van der Waals surface area contributed by atoms with E-state index in [1.807, 2.05) is 6.92 Å². The maximum atomic E-state index is 14.0. The highest BCUT2D eigenvalue weighted by atomic mass is 16.5. The SMILES string of the molecule is C#CCCC1(CCN(C(=O)CC2(c3ccon3)COC2)C(C(=O)NCC)c2cc(OC)ccn2)N=N1. The van der Waals surface area contributed by atoms with Gasteiger partial charge in [0, 0.05) is 57.1 Å². The van der Waals surface area contributed by atoms with E-state index in [0.717, 1.165) is 0 Å². The van der Waals surface area contributed by atoms with Crippen molar-refractivity contribution in [1.29, 1.82) is 0 Å². The van der Waals surface area contributed by atoms with Crippen molar-refractivity contribution < 1.29 is 23.6 Å². The molecule has 0 radical (unpaired) electrons. The lowest BCUT2D eigenvalue weighted by molar-refractivity contribution is -0.147. The van der Waals surface area contributed by atoms with Gasteiger partial charge in [0.1, 0.15) is 12.0 Å². The first-order valence-corrected chi connectivity index (χ1v) is 11.9. The molecule has 190 valence electrons. The molecular formula is C25H30N6O5. The summed E-state index contributed by atoms with van der Waals surface area (Å²) in [7, 11) is 1.53. The van der Waals surface area contributed by atoms with E-state index in [2.05, 4.69) is 31.6 Å². The van der Waals surface area contributed by atoms with Gasteiger partial charge in [0.15, 0.2) is 11.7 Å². The Morgan fingerprint density at radius 1 is 1.31 bits per heavy atom. The summed E-state index contributed by atoms with van der Waals surface area (Å²) >= 11 is 0. The van der Waals surface area contributed by atoms with Gasteiger partial charge >= 0.3 is 0 Å². The molecule has 4 rings (SSSR count). The van der Waals surface area contributed by atoms with E-state index in [0.29, 0.717) is 56.2 Å². The van der Waals surface area contributed by atoms with Crippen molar-refractivity contribution in [3.8, 4) is 18.1 Å². The molecule has 0 aromatic carbocycles. The van der Waals surface area contributed by atoms with Crippen LogP contribution in [-0.2, 0) is 19.7 Å². The number of likely N-dealkylation sites (N-methyl/N-ethyl adjacent to an activating group) is 1. The van der Waals surface area contributed by atoms with Crippen LogP contribution in [0.25, 0.3) is 0 Å². The van der Waals surface area contributed by atoms with Crippen molar-refractivity contribution in [2.45, 2.75) is 49.7 Å². The number of rotatable bonds is 13. The Morgan fingerprint density at radius 3 is 2.69 bits per heavy atom. The monoisotopic (exact) mass is 494 g/mol. The van der Waals surface area contributed by atoms with Crippen LogP contribution in [0.5, 0.6) is 5.75 Å². The van der Waals surface area contributed by atoms with Crippen LogP contribution >= 0.6 is 0 Å².